The van der Waals surface area contributed by atoms with Crippen LogP contribution in [0, 0.1) is 0 Å². The molecular formula is C102H180N6O6. The summed E-state index contributed by atoms with van der Waals surface area (Å²) >= 11 is 0. The zero-order valence-corrected chi connectivity index (χ0v) is 75.5. The molecule has 12 nitrogen and oxygen atoms in total. The molecule has 3 N–H and O–H groups in total. The smallest absolute Gasteiger partial charge is 0.229 e. The first-order valence-electron chi connectivity index (χ1n) is 49.6. The molecule has 0 atom stereocenters. The van der Waals surface area contributed by atoms with Crippen LogP contribution in [0.2, 0.25) is 0 Å². The lowest BCUT2D eigenvalue weighted by molar-refractivity contribution is 0.293. The molecule has 1 heterocycles. The molecule has 0 saturated heterocycles. The van der Waals surface area contributed by atoms with Crippen LogP contribution in [0.3, 0.4) is 0 Å². The van der Waals surface area contributed by atoms with Crippen LogP contribution in [0.4, 0.5) is 17.8 Å². The van der Waals surface area contributed by atoms with E-state index in [-0.39, 0.29) is 0 Å². The number of nitrogens with one attached hydrogen (secondary N) is 3. The van der Waals surface area contributed by atoms with Gasteiger partial charge in [-0.25, -0.2) is 0 Å². The highest BCUT2D eigenvalue weighted by Gasteiger charge is 2.15. The van der Waals surface area contributed by atoms with Crippen LogP contribution >= 0.6 is 0 Å². The first-order chi connectivity index (χ1) is 56.5. The van der Waals surface area contributed by atoms with Crippen molar-refractivity contribution >= 4 is 17.8 Å². The summed E-state index contributed by atoms with van der Waals surface area (Å²) < 4.78 is 39.3. The van der Waals surface area contributed by atoms with Gasteiger partial charge >= 0.3 is 0 Å². The number of ether oxygens (including phenoxy) is 6. The first-order valence-corrected chi connectivity index (χ1v) is 49.6. The van der Waals surface area contributed by atoms with Crippen molar-refractivity contribution in [1.82, 2.24) is 15.0 Å². The van der Waals surface area contributed by atoms with Crippen LogP contribution in [0.1, 0.15) is 463 Å². The van der Waals surface area contributed by atoms with E-state index in [1.54, 1.807) is 0 Å². The maximum Gasteiger partial charge on any atom is 0.229 e. The fraction of sp³-hybridized carbons (Fsp3) is 0.794. The van der Waals surface area contributed by atoms with Gasteiger partial charge in [0.2, 0.25) is 17.8 Å². The van der Waals surface area contributed by atoms with Gasteiger partial charge in [0.1, 0.15) is 34.5 Å². The fourth-order valence-electron chi connectivity index (χ4n) is 15.6. The Bertz CT molecular complexity index is 2450. The van der Waals surface area contributed by atoms with Crippen LogP contribution in [-0.2, 0) is 19.3 Å². The Kier molecular flexibility index (Phi) is 68.0. The number of rotatable bonds is 87. The summed E-state index contributed by atoms with van der Waals surface area (Å²) in [7, 11) is 0. The van der Waals surface area contributed by atoms with Gasteiger partial charge in [-0.1, -0.05) is 388 Å². The van der Waals surface area contributed by atoms with E-state index in [4.69, 9.17) is 43.4 Å². The number of anilines is 3. The van der Waals surface area contributed by atoms with Gasteiger partial charge in [0.05, 0.1) is 39.6 Å². The van der Waals surface area contributed by atoms with Crippen LogP contribution in [0.5, 0.6) is 34.5 Å². The van der Waals surface area contributed by atoms with Crippen molar-refractivity contribution in [3.05, 3.63) is 71.3 Å². The largest absolute Gasteiger partial charge is 0.494 e. The lowest BCUT2D eigenvalue weighted by Crippen LogP contribution is -2.15. The summed E-state index contributed by atoms with van der Waals surface area (Å²) in [5.41, 5.74) is 3.59. The maximum atomic E-state index is 6.63. The molecule has 12 heteroatoms. The number of hydrogen-bond acceptors (Lipinski definition) is 12. The number of nitrogens with zero attached hydrogens (tertiary/aromatic N) is 3. The van der Waals surface area contributed by atoms with Crippen molar-refractivity contribution in [2.24, 2.45) is 0 Å². The van der Waals surface area contributed by atoms with Gasteiger partial charge in [0, 0.05) is 19.6 Å². The van der Waals surface area contributed by atoms with Crippen molar-refractivity contribution in [1.29, 1.82) is 0 Å². The average molecular weight is 1590 g/mol. The summed E-state index contributed by atoms with van der Waals surface area (Å²) in [4.78, 5) is 15.2. The Hall–Kier alpha value is -5.13. The number of hydrogen-bond donors (Lipinski definition) is 3. The molecule has 654 valence electrons. The zero-order valence-electron chi connectivity index (χ0n) is 75.5. The first kappa shape index (κ1) is 101. The van der Waals surface area contributed by atoms with E-state index in [0.717, 1.165) is 151 Å². The molecule has 0 unspecified atom stereocenters. The summed E-state index contributed by atoms with van der Waals surface area (Å²) in [6, 6.07) is 19.6. The molecule has 4 rings (SSSR count). The summed E-state index contributed by atoms with van der Waals surface area (Å²) in [6.45, 7) is 20.3. The van der Waals surface area contributed by atoms with Crippen molar-refractivity contribution < 1.29 is 28.4 Å². The highest BCUT2D eigenvalue weighted by Crippen LogP contribution is 2.31. The Morgan fingerprint density at radius 1 is 0.193 bits per heavy atom. The summed E-state index contributed by atoms with van der Waals surface area (Å²) in [6.07, 6.45) is 83.7. The van der Waals surface area contributed by atoms with Crippen molar-refractivity contribution in [3.63, 3.8) is 0 Å². The molecule has 0 saturated carbocycles. The Labute approximate surface area is 703 Å². The molecule has 0 radical (unpaired) electrons. The normalized spacial score (nSPS) is 11.4. The minimum absolute atomic E-state index is 0.561. The molecule has 1 aromatic heterocycles. The van der Waals surface area contributed by atoms with E-state index in [1.165, 1.54) is 363 Å². The number of aromatic nitrogens is 3. The molecule has 0 spiro atoms. The average Bonchev–Trinajstić information content (AvgIpc) is 0.871. The van der Waals surface area contributed by atoms with Crippen molar-refractivity contribution in [3.8, 4) is 34.5 Å². The van der Waals surface area contributed by atoms with Gasteiger partial charge in [-0.2, -0.15) is 15.0 Å². The van der Waals surface area contributed by atoms with Crippen molar-refractivity contribution in [2.45, 2.75) is 465 Å². The summed E-state index contributed by atoms with van der Waals surface area (Å²) in [5.74, 6) is 7.42. The molecule has 0 aliphatic rings. The number of unbranched alkanes of at least 4 members (excludes halogenated alkanes) is 54. The van der Waals surface area contributed by atoms with Crippen LogP contribution in [-0.4, -0.2) is 74.2 Å². The van der Waals surface area contributed by atoms with E-state index in [9.17, 15) is 0 Å². The quantitative estimate of drug-likeness (QED) is 0.0364. The predicted molar refractivity (Wildman–Crippen MR) is 494 cm³/mol. The number of benzene rings is 3. The van der Waals surface area contributed by atoms with E-state index in [1.807, 2.05) is 0 Å². The van der Waals surface area contributed by atoms with Gasteiger partial charge in [0.25, 0.3) is 0 Å². The molecule has 0 bridgehead atoms. The third kappa shape index (κ3) is 57.1. The third-order valence-corrected chi connectivity index (χ3v) is 23.0. The predicted octanol–water partition coefficient (Wildman–Crippen LogP) is 31.8. The fourth-order valence-corrected chi connectivity index (χ4v) is 15.6. The van der Waals surface area contributed by atoms with Gasteiger partial charge in [-0.15, -0.1) is 0 Å². The minimum Gasteiger partial charge on any atom is -0.494 e. The second kappa shape index (κ2) is 76.5. The van der Waals surface area contributed by atoms with Crippen LogP contribution in [0.25, 0.3) is 0 Å². The topological polar surface area (TPSA) is 130 Å². The van der Waals surface area contributed by atoms with E-state index in [0.29, 0.717) is 37.5 Å². The second-order valence-corrected chi connectivity index (χ2v) is 33.9. The SMILES string of the molecule is CCCCCCCCCCCCOc1ccc(OCCCCCCCCCCCC)c(CCCNc2nc(NCCCc3cc(OCCCCCCCCCCCC)ccc3OCCCCCCCCCCCC)nc(NCCCc3cc(OCCCCCCCCCCCC)ccc3OCCCCCCCCCCCC)n2)c1. The molecule has 0 aliphatic carbocycles. The molecule has 3 aromatic carbocycles. The maximum absolute atomic E-state index is 6.63. The standard InChI is InChI=1S/C102H180N6O6/c1-7-13-19-25-31-37-43-49-55-61-82-109-94-73-76-97(112-85-64-58-52-46-40-34-28-22-16-10-4)91(88-94)70-67-79-103-100-106-101(104-80-68-71-92-89-95(110-83-62-56-50-44-38-32-26-20-14-8-2)74-77-98(92)113-86-65-59-53-47-41-35-29-23-17-11-5)108-102(107-100)105-81-69-72-93-90-96(111-84-63-57-51-45-39-33-27-21-15-9-3)75-78-99(93)114-87-66-60-54-48-42-36-30-24-18-12-6/h73-78,88-90H,7-72,79-87H2,1-6H3,(H3,103,104,105,106,107,108). The monoisotopic (exact) mass is 1590 g/mol. The van der Waals surface area contributed by atoms with Gasteiger partial charge in [-0.3, -0.25) is 0 Å². The minimum atomic E-state index is 0.561. The molecule has 0 aliphatic heterocycles. The zero-order chi connectivity index (χ0) is 80.8. The van der Waals surface area contributed by atoms with Gasteiger partial charge in [-0.05, 0) is 148 Å². The Morgan fingerprint density at radius 2 is 0.360 bits per heavy atom. The molecule has 0 amide bonds. The lowest BCUT2D eigenvalue weighted by atomic mass is 10.1. The lowest BCUT2D eigenvalue weighted by Gasteiger charge is -2.16. The highest BCUT2D eigenvalue weighted by molar-refractivity contribution is 5.45. The summed E-state index contributed by atoms with van der Waals surface area (Å²) in [5, 5.41) is 11.0. The Balaban J connectivity index is 1.50. The molecular weight excluding hydrogens is 1410 g/mol. The Morgan fingerprint density at radius 3 is 0.544 bits per heavy atom. The third-order valence-electron chi connectivity index (χ3n) is 23.0. The molecule has 4 aromatic rings. The van der Waals surface area contributed by atoms with Gasteiger partial charge in [0.15, 0.2) is 0 Å². The van der Waals surface area contributed by atoms with E-state index in [2.05, 4.69) is 112 Å². The van der Waals surface area contributed by atoms with Crippen LogP contribution in [0.15, 0.2) is 54.6 Å². The van der Waals surface area contributed by atoms with E-state index < -0.39 is 0 Å². The van der Waals surface area contributed by atoms with Gasteiger partial charge < -0.3 is 44.4 Å². The number of aryl methyl sites for hydroxylation is 3. The van der Waals surface area contributed by atoms with E-state index >= 15 is 0 Å². The second-order valence-electron chi connectivity index (χ2n) is 33.9. The molecule has 114 heavy (non-hydrogen) atoms. The molecule has 0 fully saturated rings. The highest BCUT2D eigenvalue weighted by atomic mass is 16.5. The van der Waals surface area contributed by atoms with Crippen molar-refractivity contribution in [2.75, 3.05) is 75.2 Å². The van der Waals surface area contributed by atoms with Crippen LogP contribution < -0.4 is 44.4 Å².